The first-order valence-electron chi connectivity index (χ1n) is 7.66. The second-order valence-corrected chi connectivity index (χ2v) is 5.42. The lowest BCUT2D eigenvalue weighted by atomic mass is 9.94. The molecule has 0 bridgehead atoms. The Balaban J connectivity index is 2.24. The van der Waals surface area contributed by atoms with E-state index in [0.29, 0.717) is 16.8 Å². The van der Waals surface area contributed by atoms with Gasteiger partial charge in [0.2, 0.25) is 5.95 Å². The molecular formula is C19H15N5O2. The molecule has 2 aromatic carbocycles. The fourth-order valence-electron chi connectivity index (χ4n) is 2.67. The molecule has 0 aliphatic heterocycles. The minimum atomic E-state index is -0.433. The van der Waals surface area contributed by atoms with Gasteiger partial charge in [-0.3, -0.25) is 0 Å². The molecule has 0 unspecified atom stereocenters. The highest BCUT2D eigenvalue weighted by molar-refractivity contribution is 5.93. The number of nitrogens with two attached hydrogens (primary N) is 2. The van der Waals surface area contributed by atoms with Gasteiger partial charge in [-0.2, -0.15) is 10.2 Å². The van der Waals surface area contributed by atoms with Gasteiger partial charge in [0.15, 0.2) is 0 Å². The van der Waals surface area contributed by atoms with E-state index in [0.717, 1.165) is 11.1 Å². The van der Waals surface area contributed by atoms with Crippen molar-refractivity contribution in [2.45, 2.75) is 0 Å². The Hall–Kier alpha value is -3.92. The molecule has 0 spiro atoms. The summed E-state index contributed by atoms with van der Waals surface area (Å²) in [7, 11) is 1.33. The molecule has 0 saturated heterocycles. The van der Waals surface area contributed by atoms with Crippen LogP contribution in [0.5, 0.6) is 0 Å². The van der Waals surface area contributed by atoms with Crippen molar-refractivity contribution in [3.05, 3.63) is 59.7 Å². The Morgan fingerprint density at radius 2 is 1.81 bits per heavy atom. The van der Waals surface area contributed by atoms with Crippen LogP contribution in [0, 0.1) is 11.3 Å². The summed E-state index contributed by atoms with van der Waals surface area (Å²) in [6, 6.07) is 16.4. The van der Waals surface area contributed by atoms with Crippen molar-refractivity contribution in [3.63, 3.8) is 0 Å². The smallest absolute Gasteiger partial charge is 0.337 e. The molecule has 4 N–H and O–H groups in total. The van der Waals surface area contributed by atoms with Crippen molar-refractivity contribution in [1.82, 2.24) is 9.97 Å². The summed E-state index contributed by atoms with van der Waals surface area (Å²) in [4.78, 5) is 19.9. The molecule has 0 atom stereocenters. The number of nitrogens with zero attached hydrogens (tertiary/aromatic N) is 3. The number of nitriles is 1. The molecule has 0 fully saturated rings. The Bertz CT molecular complexity index is 1040. The third kappa shape index (κ3) is 3.03. The zero-order valence-electron chi connectivity index (χ0n) is 13.9. The summed E-state index contributed by atoms with van der Waals surface area (Å²) in [6.07, 6.45) is 0. The van der Waals surface area contributed by atoms with Gasteiger partial charge in [-0.25, -0.2) is 9.78 Å². The van der Waals surface area contributed by atoms with Gasteiger partial charge in [-0.1, -0.05) is 36.4 Å². The first kappa shape index (κ1) is 16.9. The average Bonchev–Trinajstić information content (AvgIpc) is 2.67. The quantitative estimate of drug-likeness (QED) is 0.698. The monoisotopic (exact) mass is 345 g/mol. The number of nitrogen functional groups attached to an aromatic ring is 2. The summed E-state index contributed by atoms with van der Waals surface area (Å²) in [5.41, 5.74) is 14.7. The summed E-state index contributed by atoms with van der Waals surface area (Å²) >= 11 is 0. The van der Waals surface area contributed by atoms with Crippen molar-refractivity contribution in [2.75, 3.05) is 18.6 Å². The van der Waals surface area contributed by atoms with Gasteiger partial charge < -0.3 is 16.2 Å². The number of anilines is 2. The zero-order valence-corrected chi connectivity index (χ0v) is 13.9. The van der Waals surface area contributed by atoms with Gasteiger partial charge in [0.1, 0.15) is 17.5 Å². The van der Waals surface area contributed by atoms with Crippen LogP contribution in [0.2, 0.25) is 0 Å². The Labute approximate surface area is 149 Å². The lowest BCUT2D eigenvalue weighted by Crippen LogP contribution is -2.05. The van der Waals surface area contributed by atoms with E-state index in [1.807, 2.05) is 36.4 Å². The number of hydrogen-bond donors (Lipinski definition) is 2. The number of methoxy groups -OCH3 is 1. The number of rotatable bonds is 3. The number of carbonyl (C=O) groups is 1. The van der Waals surface area contributed by atoms with Crippen LogP contribution < -0.4 is 11.5 Å². The van der Waals surface area contributed by atoms with Gasteiger partial charge in [0.25, 0.3) is 0 Å². The van der Waals surface area contributed by atoms with E-state index in [2.05, 4.69) is 9.97 Å². The zero-order chi connectivity index (χ0) is 18.7. The molecule has 3 rings (SSSR count). The molecule has 0 aliphatic carbocycles. The van der Waals surface area contributed by atoms with Crippen LogP contribution in [0.4, 0.5) is 11.8 Å². The van der Waals surface area contributed by atoms with Gasteiger partial charge in [0.05, 0.1) is 18.4 Å². The Morgan fingerprint density at radius 1 is 1.08 bits per heavy atom. The third-order valence-corrected chi connectivity index (χ3v) is 3.84. The molecule has 1 aromatic heterocycles. The minimum absolute atomic E-state index is 0.0189. The number of carbonyl (C=O) groups excluding carboxylic acids is 1. The second-order valence-electron chi connectivity index (χ2n) is 5.42. The third-order valence-electron chi connectivity index (χ3n) is 3.84. The average molecular weight is 345 g/mol. The fraction of sp³-hybridized carbons (Fsp3) is 0.0526. The molecule has 3 aromatic rings. The van der Waals surface area contributed by atoms with Gasteiger partial charge >= 0.3 is 5.97 Å². The van der Waals surface area contributed by atoms with Crippen molar-refractivity contribution < 1.29 is 9.53 Å². The highest BCUT2D eigenvalue weighted by atomic mass is 16.5. The maximum absolute atomic E-state index is 11.8. The molecule has 7 nitrogen and oxygen atoms in total. The summed E-state index contributed by atoms with van der Waals surface area (Å²) < 4.78 is 4.77. The van der Waals surface area contributed by atoms with E-state index in [4.69, 9.17) is 16.2 Å². The lowest BCUT2D eigenvalue weighted by molar-refractivity contribution is 0.0601. The number of benzene rings is 2. The van der Waals surface area contributed by atoms with E-state index in [1.54, 1.807) is 18.2 Å². The second kappa shape index (κ2) is 6.91. The van der Waals surface area contributed by atoms with Crippen LogP contribution in [0.1, 0.15) is 15.9 Å². The van der Waals surface area contributed by atoms with Crippen LogP contribution >= 0.6 is 0 Å². The van der Waals surface area contributed by atoms with E-state index >= 15 is 0 Å². The highest BCUT2D eigenvalue weighted by Crippen LogP contribution is 2.34. The van der Waals surface area contributed by atoms with Crippen LogP contribution in [0.25, 0.3) is 22.4 Å². The predicted molar refractivity (Wildman–Crippen MR) is 97.8 cm³/mol. The largest absolute Gasteiger partial charge is 0.465 e. The molecule has 0 aliphatic rings. The fourth-order valence-corrected chi connectivity index (χ4v) is 2.67. The van der Waals surface area contributed by atoms with Crippen LogP contribution in [-0.4, -0.2) is 23.0 Å². The molecule has 0 amide bonds. The standard InChI is InChI=1S/C19H15N5O2/c1-26-18(25)12-6-4-5-11(9-12)13-7-2-3-8-14(13)16-15(10-20)17(21)24-19(22)23-16/h2-9H,1H3,(H4,21,22,23,24). The molecule has 7 heteroatoms. The highest BCUT2D eigenvalue weighted by Gasteiger charge is 2.17. The first-order valence-corrected chi connectivity index (χ1v) is 7.66. The number of hydrogen-bond acceptors (Lipinski definition) is 7. The Morgan fingerprint density at radius 3 is 2.50 bits per heavy atom. The van der Waals surface area contributed by atoms with E-state index in [-0.39, 0.29) is 17.3 Å². The van der Waals surface area contributed by atoms with Gasteiger partial charge in [-0.05, 0) is 23.3 Å². The van der Waals surface area contributed by atoms with Crippen molar-refractivity contribution in [3.8, 4) is 28.5 Å². The maximum atomic E-state index is 11.8. The van der Waals surface area contributed by atoms with Crippen LogP contribution in [0.15, 0.2) is 48.5 Å². The SMILES string of the molecule is COC(=O)c1cccc(-c2ccccc2-c2nc(N)nc(N)c2C#N)c1. The van der Waals surface area contributed by atoms with Crippen molar-refractivity contribution in [1.29, 1.82) is 5.26 Å². The molecule has 0 saturated carbocycles. The molecule has 1 heterocycles. The summed E-state index contributed by atoms with van der Waals surface area (Å²) in [6.45, 7) is 0. The van der Waals surface area contributed by atoms with Gasteiger partial charge in [0, 0.05) is 5.56 Å². The molecule has 26 heavy (non-hydrogen) atoms. The summed E-state index contributed by atoms with van der Waals surface area (Å²) in [5, 5.41) is 9.45. The first-order chi connectivity index (χ1) is 12.5. The molecular weight excluding hydrogens is 330 g/mol. The van der Waals surface area contributed by atoms with E-state index in [1.165, 1.54) is 7.11 Å². The topological polar surface area (TPSA) is 128 Å². The van der Waals surface area contributed by atoms with E-state index in [9.17, 15) is 10.1 Å². The van der Waals surface area contributed by atoms with E-state index < -0.39 is 5.97 Å². The Kier molecular flexibility index (Phi) is 4.50. The van der Waals surface area contributed by atoms with Crippen molar-refractivity contribution >= 4 is 17.7 Å². The number of aromatic nitrogens is 2. The maximum Gasteiger partial charge on any atom is 0.337 e. The lowest BCUT2D eigenvalue weighted by Gasteiger charge is -2.12. The van der Waals surface area contributed by atoms with Crippen molar-refractivity contribution in [2.24, 2.45) is 0 Å². The number of esters is 1. The normalized spacial score (nSPS) is 10.2. The molecule has 0 radical (unpaired) electrons. The number of ether oxygens (including phenoxy) is 1. The summed E-state index contributed by atoms with van der Waals surface area (Å²) in [5.74, 6) is -0.430. The van der Waals surface area contributed by atoms with Crippen LogP contribution in [0.3, 0.4) is 0 Å². The molecule has 128 valence electrons. The minimum Gasteiger partial charge on any atom is -0.465 e. The predicted octanol–water partition coefficient (Wildman–Crippen LogP) is 2.63. The van der Waals surface area contributed by atoms with Crippen LogP contribution in [-0.2, 0) is 4.74 Å². The van der Waals surface area contributed by atoms with Gasteiger partial charge in [-0.15, -0.1) is 0 Å².